The van der Waals surface area contributed by atoms with E-state index in [0.717, 1.165) is 17.9 Å². The fourth-order valence-electron chi connectivity index (χ4n) is 1.16. The molecule has 0 saturated heterocycles. The maximum atomic E-state index is 10.8. The van der Waals surface area contributed by atoms with E-state index in [1.807, 2.05) is 0 Å². The standard InChI is InChI=1S/C10H21NOS2/c1-11-10(12)14-9-7-5-3-2-4-6-8-13/h13H,2-9H2,1H3,(H,11,12). The van der Waals surface area contributed by atoms with Crippen LogP contribution in [-0.2, 0) is 0 Å². The number of carbonyl (C=O) groups excluding carboxylic acids is 1. The first-order chi connectivity index (χ1) is 6.81. The number of carbonyl (C=O) groups is 1. The zero-order chi connectivity index (χ0) is 10.6. The van der Waals surface area contributed by atoms with Crippen molar-refractivity contribution >= 4 is 29.6 Å². The number of rotatable bonds is 8. The van der Waals surface area contributed by atoms with E-state index >= 15 is 0 Å². The van der Waals surface area contributed by atoms with Crippen molar-refractivity contribution in [1.82, 2.24) is 5.32 Å². The Morgan fingerprint density at radius 1 is 1.14 bits per heavy atom. The zero-order valence-corrected chi connectivity index (χ0v) is 10.6. The highest BCUT2D eigenvalue weighted by molar-refractivity contribution is 8.13. The molecule has 84 valence electrons. The van der Waals surface area contributed by atoms with Gasteiger partial charge in [0.2, 0.25) is 0 Å². The molecule has 0 unspecified atom stereocenters. The minimum Gasteiger partial charge on any atom is -0.350 e. The average Bonchev–Trinajstić information content (AvgIpc) is 2.21. The molecule has 0 aromatic carbocycles. The molecule has 1 N–H and O–H groups in total. The summed E-state index contributed by atoms with van der Waals surface area (Å²) in [6.45, 7) is 0. The van der Waals surface area contributed by atoms with Gasteiger partial charge in [0.15, 0.2) is 0 Å². The molecular formula is C10H21NOS2. The predicted octanol–water partition coefficient (Wildman–Crippen LogP) is 3.33. The summed E-state index contributed by atoms with van der Waals surface area (Å²) in [5.74, 6) is 1.96. The molecular weight excluding hydrogens is 214 g/mol. The summed E-state index contributed by atoms with van der Waals surface area (Å²) in [5.41, 5.74) is 0. The number of amides is 1. The van der Waals surface area contributed by atoms with Gasteiger partial charge < -0.3 is 5.32 Å². The van der Waals surface area contributed by atoms with Crippen LogP contribution in [-0.4, -0.2) is 23.8 Å². The van der Waals surface area contributed by atoms with Crippen molar-refractivity contribution in [2.45, 2.75) is 38.5 Å². The molecule has 0 aromatic heterocycles. The van der Waals surface area contributed by atoms with Gasteiger partial charge in [-0.2, -0.15) is 12.6 Å². The van der Waals surface area contributed by atoms with E-state index < -0.39 is 0 Å². The lowest BCUT2D eigenvalue weighted by atomic mass is 10.1. The minimum absolute atomic E-state index is 0.0834. The summed E-state index contributed by atoms with van der Waals surface area (Å²) in [4.78, 5) is 10.8. The van der Waals surface area contributed by atoms with Crippen molar-refractivity contribution in [1.29, 1.82) is 0 Å². The molecule has 2 nitrogen and oxygen atoms in total. The van der Waals surface area contributed by atoms with Crippen LogP contribution in [0.4, 0.5) is 4.79 Å². The second kappa shape index (κ2) is 11.2. The molecule has 1 amide bonds. The molecule has 4 heteroatoms. The van der Waals surface area contributed by atoms with Crippen LogP contribution in [0.3, 0.4) is 0 Å². The average molecular weight is 235 g/mol. The first-order valence-electron chi connectivity index (χ1n) is 5.26. The van der Waals surface area contributed by atoms with Gasteiger partial charge in [0.05, 0.1) is 0 Å². The van der Waals surface area contributed by atoms with Crippen LogP contribution >= 0.6 is 24.4 Å². The van der Waals surface area contributed by atoms with E-state index in [1.54, 1.807) is 7.05 Å². The van der Waals surface area contributed by atoms with E-state index in [0.29, 0.717) is 0 Å². The van der Waals surface area contributed by atoms with E-state index in [1.165, 1.54) is 43.9 Å². The van der Waals surface area contributed by atoms with Crippen molar-refractivity contribution < 1.29 is 4.79 Å². The van der Waals surface area contributed by atoms with Gasteiger partial charge >= 0.3 is 0 Å². The Bertz CT molecular complexity index is 142. The Labute approximate surface area is 97.0 Å². The van der Waals surface area contributed by atoms with Crippen molar-refractivity contribution in [2.24, 2.45) is 0 Å². The lowest BCUT2D eigenvalue weighted by molar-refractivity contribution is 0.262. The van der Waals surface area contributed by atoms with Crippen LogP contribution < -0.4 is 5.32 Å². The fourth-order valence-corrected chi connectivity index (χ4v) is 2.06. The SMILES string of the molecule is CNC(=O)SCCCCCCCCS. The summed E-state index contributed by atoms with van der Waals surface area (Å²) >= 11 is 5.55. The van der Waals surface area contributed by atoms with Gasteiger partial charge in [0.25, 0.3) is 5.24 Å². The Morgan fingerprint density at radius 2 is 1.71 bits per heavy atom. The van der Waals surface area contributed by atoms with E-state index in [4.69, 9.17) is 0 Å². The molecule has 0 saturated carbocycles. The Kier molecular flexibility index (Phi) is 11.4. The highest BCUT2D eigenvalue weighted by atomic mass is 32.2. The first kappa shape index (κ1) is 14.2. The number of hydrogen-bond donors (Lipinski definition) is 2. The van der Waals surface area contributed by atoms with Crippen LogP contribution in [0.15, 0.2) is 0 Å². The molecule has 0 aliphatic carbocycles. The third-order valence-electron chi connectivity index (χ3n) is 1.99. The monoisotopic (exact) mass is 235 g/mol. The topological polar surface area (TPSA) is 29.1 Å². The number of hydrogen-bond acceptors (Lipinski definition) is 3. The third-order valence-corrected chi connectivity index (χ3v) is 3.27. The molecule has 0 fully saturated rings. The highest BCUT2D eigenvalue weighted by Gasteiger charge is 1.97. The zero-order valence-electron chi connectivity index (χ0n) is 8.92. The Morgan fingerprint density at radius 3 is 2.29 bits per heavy atom. The van der Waals surface area contributed by atoms with Gasteiger partial charge in [-0.25, -0.2) is 0 Å². The molecule has 0 atom stereocenters. The minimum atomic E-state index is 0.0834. The summed E-state index contributed by atoms with van der Waals surface area (Å²) < 4.78 is 0. The van der Waals surface area contributed by atoms with Crippen molar-refractivity contribution in [2.75, 3.05) is 18.6 Å². The first-order valence-corrected chi connectivity index (χ1v) is 6.88. The molecule has 0 rings (SSSR count). The largest absolute Gasteiger partial charge is 0.350 e. The smallest absolute Gasteiger partial charge is 0.278 e. The maximum Gasteiger partial charge on any atom is 0.278 e. The van der Waals surface area contributed by atoms with Crippen LogP contribution in [0.5, 0.6) is 0 Å². The molecule has 0 bridgehead atoms. The quantitative estimate of drug-likeness (QED) is 0.499. The van der Waals surface area contributed by atoms with Gasteiger partial charge in [0.1, 0.15) is 0 Å². The molecule has 0 aliphatic rings. The second-order valence-electron chi connectivity index (χ2n) is 3.23. The summed E-state index contributed by atoms with van der Waals surface area (Å²) in [7, 11) is 1.67. The Hall–Kier alpha value is 0.170. The van der Waals surface area contributed by atoms with E-state index in [9.17, 15) is 4.79 Å². The molecule has 0 aliphatic heterocycles. The van der Waals surface area contributed by atoms with Gasteiger partial charge in [-0.05, 0) is 18.6 Å². The van der Waals surface area contributed by atoms with Crippen LogP contribution in [0.2, 0.25) is 0 Å². The molecule has 0 heterocycles. The third kappa shape index (κ3) is 10.3. The maximum absolute atomic E-state index is 10.8. The lowest BCUT2D eigenvalue weighted by Crippen LogP contribution is -2.11. The fraction of sp³-hybridized carbons (Fsp3) is 0.900. The van der Waals surface area contributed by atoms with Gasteiger partial charge in [-0.1, -0.05) is 37.4 Å². The van der Waals surface area contributed by atoms with E-state index in [2.05, 4.69) is 17.9 Å². The molecule has 0 spiro atoms. The normalized spacial score (nSPS) is 10.1. The van der Waals surface area contributed by atoms with Gasteiger partial charge in [0, 0.05) is 12.8 Å². The molecule has 14 heavy (non-hydrogen) atoms. The summed E-state index contributed by atoms with van der Waals surface area (Å²) in [6.07, 6.45) is 7.53. The van der Waals surface area contributed by atoms with E-state index in [-0.39, 0.29) is 5.24 Å². The highest BCUT2D eigenvalue weighted by Crippen LogP contribution is 2.10. The van der Waals surface area contributed by atoms with Crippen LogP contribution in [0.1, 0.15) is 38.5 Å². The van der Waals surface area contributed by atoms with Gasteiger partial charge in [-0.3, -0.25) is 4.79 Å². The summed E-state index contributed by atoms with van der Waals surface area (Å²) in [5, 5.41) is 2.68. The van der Waals surface area contributed by atoms with Crippen LogP contribution in [0.25, 0.3) is 0 Å². The number of thioether (sulfide) groups is 1. The lowest BCUT2D eigenvalue weighted by Gasteiger charge is -2.00. The van der Waals surface area contributed by atoms with Crippen molar-refractivity contribution in [3.05, 3.63) is 0 Å². The van der Waals surface area contributed by atoms with Crippen molar-refractivity contribution in [3.8, 4) is 0 Å². The predicted molar refractivity (Wildman–Crippen MR) is 68.5 cm³/mol. The van der Waals surface area contributed by atoms with Gasteiger partial charge in [-0.15, -0.1) is 0 Å². The molecule has 0 aromatic rings. The Balaban J connectivity index is 2.95. The number of nitrogens with one attached hydrogen (secondary N) is 1. The number of unbranched alkanes of at least 4 members (excludes halogenated alkanes) is 5. The van der Waals surface area contributed by atoms with Crippen molar-refractivity contribution in [3.63, 3.8) is 0 Å². The second-order valence-corrected chi connectivity index (χ2v) is 4.75. The summed E-state index contributed by atoms with van der Waals surface area (Å²) in [6, 6.07) is 0. The van der Waals surface area contributed by atoms with Crippen LogP contribution in [0, 0.1) is 0 Å². The molecule has 0 radical (unpaired) electrons. The number of thiol groups is 1.